The SMILES string of the molecule is CC(C)n1c(N2CCN(C(=O)O)CC2)nc(OCc2ccc(F)cc2F)c(Br)c1=O. The minimum Gasteiger partial charge on any atom is -0.472 e. The first-order chi connectivity index (χ1) is 14.2. The van der Waals surface area contributed by atoms with Gasteiger partial charge in [0.2, 0.25) is 11.8 Å². The lowest BCUT2D eigenvalue weighted by atomic mass is 10.2. The van der Waals surface area contributed by atoms with E-state index < -0.39 is 17.7 Å². The van der Waals surface area contributed by atoms with Crippen LogP contribution in [0.3, 0.4) is 0 Å². The molecular formula is C19H21BrF2N4O4. The number of amides is 1. The average molecular weight is 487 g/mol. The molecule has 1 aromatic carbocycles. The van der Waals surface area contributed by atoms with Gasteiger partial charge in [0.15, 0.2) is 0 Å². The molecule has 1 aliphatic heterocycles. The second-order valence-electron chi connectivity index (χ2n) is 7.08. The number of ether oxygens (including phenoxy) is 1. The van der Waals surface area contributed by atoms with Gasteiger partial charge in [0.25, 0.3) is 5.56 Å². The first-order valence-electron chi connectivity index (χ1n) is 9.30. The number of carboxylic acid groups (broad SMARTS) is 1. The van der Waals surface area contributed by atoms with Gasteiger partial charge in [0.1, 0.15) is 22.7 Å². The molecule has 0 saturated carbocycles. The van der Waals surface area contributed by atoms with Crippen LogP contribution in [-0.4, -0.2) is 51.8 Å². The van der Waals surface area contributed by atoms with Crippen molar-refractivity contribution in [3.8, 4) is 5.88 Å². The van der Waals surface area contributed by atoms with Crippen molar-refractivity contribution >= 4 is 28.0 Å². The van der Waals surface area contributed by atoms with Crippen molar-refractivity contribution in [3.05, 3.63) is 50.2 Å². The minimum atomic E-state index is -0.995. The molecule has 0 aliphatic carbocycles. The number of halogens is 3. The predicted molar refractivity (Wildman–Crippen MR) is 109 cm³/mol. The van der Waals surface area contributed by atoms with E-state index in [2.05, 4.69) is 20.9 Å². The highest BCUT2D eigenvalue weighted by Gasteiger charge is 2.26. The summed E-state index contributed by atoms with van der Waals surface area (Å²) < 4.78 is 34.2. The van der Waals surface area contributed by atoms with E-state index in [1.807, 2.05) is 18.7 Å². The number of piperazine rings is 1. The van der Waals surface area contributed by atoms with Gasteiger partial charge in [-0.1, -0.05) is 0 Å². The predicted octanol–water partition coefficient (Wildman–Crippen LogP) is 3.24. The maximum absolute atomic E-state index is 13.9. The van der Waals surface area contributed by atoms with Crippen LogP contribution in [0.15, 0.2) is 27.5 Å². The van der Waals surface area contributed by atoms with Crippen molar-refractivity contribution in [2.75, 3.05) is 31.1 Å². The zero-order chi connectivity index (χ0) is 22.0. The van der Waals surface area contributed by atoms with E-state index in [4.69, 9.17) is 9.84 Å². The van der Waals surface area contributed by atoms with E-state index in [0.29, 0.717) is 19.0 Å². The molecule has 1 aliphatic rings. The van der Waals surface area contributed by atoms with Gasteiger partial charge < -0.3 is 19.6 Å². The van der Waals surface area contributed by atoms with Crippen LogP contribution in [0.1, 0.15) is 25.5 Å². The van der Waals surface area contributed by atoms with Crippen molar-refractivity contribution < 1.29 is 23.4 Å². The smallest absolute Gasteiger partial charge is 0.407 e. The molecule has 1 fully saturated rings. The van der Waals surface area contributed by atoms with Crippen molar-refractivity contribution in [3.63, 3.8) is 0 Å². The average Bonchev–Trinajstić information content (AvgIpc) is 2.69. The summed E-state index contributed by atoms with van der Waals surface area (Å²) in [5.74, 6) is -1.13. The monoisotopic (exact) mass is 486 g/mol. The van der Waals surface area contributed by atoms with Crippen LogP contribution in [0.5, 0.6) is 5.88 Å². The number of aromatic nitrogens is 2. The van der Waals surface area contributed by atoms with Crippen molar-refractivity contribution in [2.45, 2.75) is 26.5 Å². The van der Waals surface area contributed by atoms with Gasteiger partial charge in [-0.05, 0) is 41.9 Å². The van der Waals surface area contributed by atoms with Gasteiger partial charge in [0.05, 0.1) is 0 Å². The van der Waals surface area contributed by atoms with Crippen LogP contribution < -0.4 is 15.2 Å². The van der Waals surface area contributed by atoms with Crippen molar-refractivity contribution in [1.82, 2.24) is 14.5 Å². The number of carbonyl (C=O) groups is 1. The van der Waals surface area contributed by atoms with Crippen molar-refractivity contribution in [1.29, 1.82) is 0 Å². The molecule has 1 aromatic heterocycles. The van der Waals surface area contributed by atoms with Crippen LogP contribution in [0.25, 0.3) is 0 Å². The molecule has 8 nitrogen and oxygen atoms in total. The van der Waals surface area contributed by atoms with Gasteiger partial charge in [0, 0.05) is 43.9 Å². The molecule has 0 spiro atoms. The Morgan fingerprint density at radius 3 is 2.50 bits per heavy atom. The van der Waals surface area contributed by atoms with Crippen LogP contribution >= 0.6 is 15.9 Å². The number of nitrogens with zero attached hydrogens (tertiary/aromatic N) is 4. The number of rotatable bonds is 5. The van der Waals surface area contributed by atoms with Gasteiger partial charge >= 0.3 is 6.09 Å². The number of anilines is 1. The number of hydrogen-bond acceptors (Lipinski definition) is 5. The summed E-state index contributed by atoms with van der Waals surface area (Å²) in [6.45, 7) is 4.70. The van der Waals surface area contributed by atoms with Crippen LogP contribution in [-0.2, 0) is 6.61 Å². The molecule has 162 valence electrons. The van der Waals surface area contributed by atoms with Crippen LogP contribution in [0.2, 0.25) is 0 Å². The Balaban J connectivity index is 1.91. The number of hydrogen-bond donors (Lipinski definition) is 1. The highest BCUT2D eigenvalue weighted by Crippen LogP contribution is 2.26. The largest absolute Gasteiger partial charge is 0.472 e. The molecule has 0 unspecified atom stereocenters. The summed E-state index contributed by atoms with van der Waals surface area (Å²) in [5, 5.41) is 9.14. The lowest BCUT2D eigenvalue weighted by Gasteiger charge is -2.35. The number of benzene rings is 1. The van der Waals surface area contributed by atoms with Crippen LogP contribution in [0, 0.1) is 11.6 Å². The molecule has 30 heavy (non-hydrogen) atoms. The fourth-order valence-electron chi connectivity index (χ4n) is 3.15. The highest BCUT2D eigenvalue weighted by atomic mass is 79.9. The standard InChI is InChI=1S/C19H21BrF2N4O4/c1-11(2)26-17(27)15(20)16(30-10-12-3-4-13(21)9-14(12)22)23-18(26)24-5-7-25(8-6-24)19(28)29/h3-4,9,11H,5-8,10H2,1-2H3,(H,28,29). The molecule has 0 bridgehead atoms. The molecule has 0 atom stereocenters. The fraction of sp³-hybridized carbons (Fsp3) is 0.421. The topological polar surface area (TPSA) is 87.9 Å². The summed E-state index contributed by atoms with van der Waals surface area (Å²) in [5.41, 5.74) is -0.250. The second kappa shape index (κ2) is 8.99. The molecule has 2 aromatic rings. The third-order valence-electron chi connectivity index (χ3n) is 4.74. The van der Waals surface area contributed by atoms with Gasteiger partial charge in [-0.15, -0.1) is 0 Å². The first-order valence-corrected chi connectivity index (χ1v) is 10.1. The third kappa shape index (κ3) is 4.55. The van der Waals surface area contributed by atoms with E-state index in [0.717, 1.165) is 12.1 Å². The van der Waals surface area contributed by atoms with E-state index >= 15 is 0 Å². The van der Waals surface area contributed by atoms with Gasteiger partial charge in [-0.2, -0.15) is 4.98 Å². The Bertz CT molecular complexity index is 1010. The summed E-state index contributed by atoms with van der Waals surface area (Å²) in [6.07, 6.45) is -0.995. The van der Waals surface area contributed by atoms with Crippen molar-refractivity contribution in [2.24, 2.45) is 0 Å². The Kier molecular flexibility index (Phi) is 6.59. The Labute approximate surface area is 179 Å². The van der Waals surface area contributed by atoms with Gasteiger partial charge in [-0.25, -0.2) is 13.6 Å². The van der Waals surface area contributed by atoms with E-state index in [1.165, 1.54) is 15.5 Å². The molecule has 11 heteroatoms. The van der Waals surface area contributed by atoms with E-state index in [9.17, 15) is 18.4 Å². The fourth-order valence-corrected chi connectivity index (χ4v) is 3.54. The Morgan fingerprint density at radius 1 is 1.27 bits per heavy atom. The van der Waals surface area contributed by atoms with Gasteiger partial charge in [-0.3, -0.25) is 9.36 Å². The molecule has 0 radical (unpaired) electrons. The molecule has 1 amide bonds. The maximum atomic E-state index is 13.9. The molecule has 2 heterocycles. The summed E-state index contributed by atoms with van der Waals surface area (Å²) >= 11 is 3.21. The quantitative estimate of drug-likeness (QED) is 0.697. The minimum absolute atomic E-state index is 0.0173. The Hall–Kier alpha value is -2.69. The zero-order valence-corrected chi connectivity index (χ0v) is 18.0. The van der Waals surface area contributed by atoms with E-state index in [1.54, 1.807) is 0 Å². The molecule has 3 rings (SSSR count). The lowest BCUT2D eigenvalue weighted by Crippen LogP contribution is -2.50. The van der Waals surface area contributed by atoms with E-state index in [-0.39, 0.29) is 47.2 Å². The Morgan fingerprint density at radius 2 is 1.93 bits per heavy atom. The first kappa shape index (κ1) is 22.0. The normalized spacial score (nSPS) is 14.3. The van der Waals surface area contributed by atoms with Crippen LogP contribution in [0.4, 0.5) is 19.5 Å². The maximum Gasteiger partial charge on any atom is 0.407 e. The highest BCUT2D eigenvalue weighted by molar-refractivity contribution is 9.10. The molecule has 1 saturated heterocycles. The zero-order valence-electron chi connectivity index (χ0n) is 16.4. The summed E-state index contributed by atoms with van der Waals surface area (Å²) in [7, 11) is 0. The third-order valence-corrected chi connectivity index (χ3v) is 5.42. The molecular weight excluding hydrogens is 466 g/mol. The summed E-state index contributed by atoms with van der Waals surface area (Å²) in [6, 6.07) is 2.93. The lowest BCUT2D eigenvalue weighted by molar-refractivity contribution is 0.142. The summed E-state index contributed by atoms with van der Waals surface area (Å²) in [4.78, 5) is 31.7. The molecule has 1 N–H and O–H groups in total. The second-order valence-corrected chi connectivity index (χ2v) is 7.87.